The Morgan fingerprint density at radius 2 is 2.31 bits per heavy atom. The number of amides is 1. The van der Waals surface area contributed by atoms with E-state index in [9.17, 15) is 4.79 Å². The molecule has 3 N–H and O–H groups in total. The number of nitrogen functional groups attached to an aromatic ring is 1. The summed E-state index contributed by atoms with van der Waals surface area (Å²) in [4.78, 5) is 12.8. The lowest BCUT2D eigenvalue weighted by Crippen LogP contribution is -2.29. The molecule has 0 fully saturated rings. The van der Waals surface area contributed by atoms with Crippen LogP contribution in [0.1, 0.15) is 40.7 Å². The van der Waals surface area contributed by atoms with E-state index in [0.29, 0.717) is 11.5 Å². The van der Waals surface area contributed by atoms with Gasteiger partial charge in [0, 0.05) is 11.5 Å². The van der Waals surface area contributed by atoms with Gasteiger partial charge < -0.3 is 4.74 Å². The van der Waals surface area contributed by atoms with Crippen LogP contribution in [0.15, 0.2) is 12.1 Å². The van der Waals surface area contributed by atoms with Crippen molar-refractivity contribution in [1.82, 2.24) is 5.43 Å². The van der Waals surface area contributed by atoms with Crippen LogP contribution in [0.2, 0.25) is 0 Å². The average Bonchev–Trinajstić information content (AvgIpc) is 2.76. The first kappa shape index (κ1) is 13.2. The van der Waals surface area contributed by atoms with Gasteiger partial charge in [0.2, 0.25) is 0 Å². The lowest BCUT2D eigenvalue weighted by atomic mass is 10.3. The van der Waals surface area contributed by atoms with E-state index < -0.39 is 0 Å². The number of nitrogens with one attached hydrogen (secondary N) is 1. The summed E-state index contributed by atoms with van der Waals surface area (Å²) in [6.45, 7) is 3.52. The lowest BCUT2D eigenvalue weighted by molar-refractivity contribution is 0.0957. The molecule has 90 valence electrons. The Hall–Kier alpha value is -0.910. The maximum atomic E-state index is 11.2. The Morgan fingerprint density at radius 3 is 3.00 bits per heavy atom. The molecule has 0 spiro atoms. The van der Waals surface area contributed by atoms with Gasteiger partial charge in [0.05, 0.1) is 11.5 Å². The van der Waals surface area contributed by atoms with Gasteiger partial charge in [-0.25, -0.2) is 5.84 Å². The average molecular weight is 242 g/mol. The normalized spacial score (nSPS) is 10.4. The van der Waals surface area contributed by atoms with E-state index in [1.54, 1.807) is 6.07 Å². The number of hydrogen-bond acceptors (Lipinski definition) is 4. The predicted octanol–water partition coefficient (Wildman–Crippen LogP) is 2.06. The number of hydrogen-bond donors (Lipinski definition) is 2. The maximum absolute atomic E-state index is 11.2. The number of thiophene rings is 1. The van der Waals surface area contributed by atoms with E-state index in [1.165, 1.54) is 24.2 Å². The second-order valence-corrected chi connectivity index (χ2v) is 4.67. The molecule has 0 aromatic carbocycles. The fourth-order valence-electron chi connectivity index (χ4n) is 1.28. The predicted molar refractivity (Wildman–Crippen MR) is 65.2 cm³/mol. The number of carbonyl (C=O) groups excluding carboxylic acids is 1. The van der Waals surface area contributed by atoms with E-state index in [-0.39, 0.29) is 5.91 Å². The van der Waals surface area contributed by atoms with Crippen LogP contribution in [-0.2, 0) is 11.3 Å². The van der Waals surface area contributed by atoms with Crippen LogP contribution in [0.4, 0.5) is 0 Å². The van der Waals surface area contributed by atoms with E-state index >= 15 is 0 Å². The standard InChI is InChI=1S/C11H18N2O2S/c1-2-3-4-7-15-8-9-5-6-10(16-9)11(14)13-12/h5-6H,2-4,7-8,12H2,1H3,(H,13,14). The smallest absolute Gasteiger partial charge is 0.275 e. The highest BCUT2D eigenvalue weighted by Crippen LogP contribution is 2.17. The number of carbonyl (C=O) groups is 1. The van der Waals surface area contributed by atoms with Crippen LogP contribution >= 0.6 is 11.3 Å². The number of nitrogens with two attached hydrogens (primary N) is 1. The molecule has 0 aliphatic carbocycles. The van der Waals surface area contributed by atoms with Gasteiger partial charge in [0.25, 0.3) is 5.91 Å². The van der Waals surface area contributed by atoms with E-state index in [0.717, 1.165) is 17.9 Å². The van der Waals surface area contributed by atoms with Gasteiger partial charge in [0.15, 0.2) is 0 Å². The zero-order chi connectivity index (χ0) is 11.8. The van der Waals surface area contributed by atoms with Crippen LogP contribution in [0.5, 0.6) is 0 Å². The molecule has 0 saturated heterocycles. The maximum Gasteiger partial charge on any atom is 0.275 e. The minimum Gasteiger partial charge on any atom is -0.376 e. The Balaban J connectivity index is 2.27. The molecule has 0 bridgehead atoms. The highest BCUT2D eigenvalue weighted by atomic mass is 32.1. The van der Waals surface area contributed by atoms with Crippen molar-refractivity contribution in [3.05, 3.63) is 21.9 Å². The van der Waals surface area contributed by atoms with Crippen LogP contribution < -0.4 is 11.3 Å². The second-order valence-electron chi connectivity index (χ2n) is 3.50. The molecule has 4 nitrogen and oxygen atoms in total. The van der Waals surface area contributed by atoms with Crippen LogP contribution in [0, 0.1) is 0 Å². The van der Waals surface area contributed by atoms with Gasteiger partial charge in [0.1, 0.15) is 0 Å². The summed E-state index contributed by atoms with van der Waals surface area (Å²) in [5.41, 5.74) is 2.11. The van der Waals surface area contributed by atoms with Crippen LogP contribution in [0.3, 0.4) is 0 Å². The fraction of sp³-hybridized carbons (Fsp3) is 0.545. The summed E-state index contributed by atoms with van der Waals surface area (Å²) in [7, 11) is 0. The Bertz CT molecular complexity index is 326. The summed E-state index contributed by atoms with van der Waals surface area (Å²) in [6, 6.07) is 3.66. The minimum absolute atomic E-state index is 0.248. The van der Waals surface area contributed by atoms with Gasteiger partial charge in [-0.05, 0) is 18.6 Å². The summed E-state index contributed by atoms with van der Waals surface area (Å²) in [5, 5.41) is 0. The molecule has 5 heteroatoms. The van der Waals surface area contributed by atoms with Crippen LogP contribution in [0.25, 0.3) is 0 Å². The van der Waals surface area contributed by atoms with Gasteiger partial charge in [-0.1, -0.05) is 19.8 Å². The van der Waals surface area contributed by atoms with Crippen molar-refractivity contribution in [2.24, 2.45) is 5.84 Å². The fourth-order valence-corrected chi connectivity index (χ4v) is 2.12. The molecule has 0 unspecified atom stereocenters. The minimum atomic E-state index is -0.248. The van der Waals surface area contributed by atoms with Crippen molar-refractivity contribution < 1.29 is 9.53 Å². The van der Waals surface area contributed by atoms with E-state index in [2.05, 4.69) is 12.3 Å². The number of rotatable bonds is 7. The molecule has 16 heavy (non-hydrogen) atoms. The van der Waals surface area contributed by atoms with Crippen molar-refractivity contribution in [1.29, 1.82) is 0 Å². The van der Waals surface area contributed by atoms with Crippen molar-refractivity contribution in [3.8, 4) is 0 Å². The zero-order valence-electron chi connectivity index (χ0n) is 9.49. The molecular formula is C11H18N2O2S. The molecule has 0 atom stereocenters. The molecule has 0 aliphatic heterocycles. The first-order valence-corrected chi connectivity index (χ1v) is 6.27. The van der Waals surface area contributed by atoms with Gasteiger partial charge in [-0.15, -0.1) is 11.3 Å². The summed E-state index contributed by atoms with van der Waals surface area (Å²) in [5.74, 6) is 4.80. The molecule has 1 amide bonds. The molecule has 0 aliphatic rings. The highest BCUT2D eigenvalue weighted by molar-refractivity contribution is 7.14. The molecule has 1 aromatic heterocycles. The largest absolute Gasteiger partial charge is 0.376 e. The number of ether oxygens (including phenoxy) is 1. The summed E-state index contributed by atoms with van der Waals surface area (Å²) >= 11 is 1.41. The quantitative estimate of drug-likeness (QED) is 0.333. The van der Waals surface area contributed by atoms with Gasteiger partial charge in [-0.3, -0.25) is 10.2 Å². The summed E-state index contributed by atoms with van der Waals surface area (Å²) < 4.78 is 5.50. The molecule has 1 aromatic rings. The van der Waals surface area contributed by atoms with Crippen molar-refractivity contribution in [3.63, 3.8) is 0 Å². The Labute approximate surface area is 99.8 Å². The van der Waals surface area contributed by atoms with Gasteiger partial charge in [-0.2, -0.15) is 0 Å². The highest BCUT2D eigenvalue weighted by Gasteiger charge is 2.06. The topological polar surface area (TPSA) is 64.3 Å². The molecule has 1 rings (SSSR count). The monoisotopic (exact) mass is 242 g/mol. The number of hydrazine groups is 1. The van der Waals surface area contributed by atoms with Gasteiger partial charge >= 0.3 is 0 Å². The van der Waals surface area contributed by atoms with Crippen molar-refractivity contribution in [2.45, 2.75) is 32.8 Å². The molecule has 0 radical (unpaired) electrons. The summed E-state index contributed by atoms with van der Waals surface area (Å²) in [6.07, 6.45) is 3.49. The van der Waals surface area contributed by atoms with E-state index in [4.69, 9.17) is 10.6 Å². The third-order valence-corrected chi connectivity index (χ3v) is 3.21. The van der Waals surface area contributed by atoms with Crippen molar-refractivity contribution >= 4 is 17.2 Å². The number of unbranched alkanes of at least 4 members (excludes halogenated alkanes) is 2. The SMILES string of the molecule is CCCCCOCc1ccc(C(=O)NN)s1. The first-order valence-electron chi connectivity index (χ1n) is 5.45. The third-order valence-electron chi connectivity index (χ3n) is 2.15. The van der Waals surface area contributed by atoms with Crippen molar-refractivity contribution in [2.75, 3.05) is 6.61 Å². The second kappa shape index (κ2) is 7.38. The van der Waals surface area contributed by atoms with Crippen LogP contribution in [-0.4, -0.2) is 12.5 Å². The molecule has 0 saturated carbocycles. The Morgan fingerprint density at radius 1 is 1.50 bits per heavy atom. The molecular weight excluding hydrogens is 224 g/mol. The van der Waals surface area contributed by atoms with E-state index in [1.807, 2.05) is 6.07 Å². The molecule has 1 heterocycles. The first-order chi connectivity index (χ1) is 7.77. The zero-order valence-corrected chi connectivity index (χ0v) is 10.3. The lowest BCUT2D eigenvalue weighted by Gasteiger charge is -2.00. The Kier molecular flexibility index (Phi) is 6.07. The third kappa shape index (κ3) is 4.30.